The molecule has 0 saturated carbocycles. The van der Waals surface area contributed by atoms with Crippen LogP contribution in [0.4, 0.5) is 10.1 Å². The molecule has 3 atom stereocenters. The van der Waals surface area contributed by atoms with E-state index >= 15 is 0 Å². The summed E-state index contributed by atoms with van der Waals surface area (Å²) < 4.78 is 30.4. The number of para-hydroxylation sites is 1. The maximum atomic E-state index is 14.8. The summed E-state index contributed by atoms with van der Waals surface area (Å²) in [6.45, 7) is 3.50. The molecule has 0 aromatic heterocycles. The fraction of sp³-hybridized carbons (Fsp3) is 0.265. The van der Waals surface area contributed by atoms with Crippen molar-refractivity contribution in [3.63, 3.8) is 0 Å². The van der Waals surface area contributed by atoms with Gasteiger partial charge in [-0.25, -0.2) is 9.18 Å². The minimum Gasteiger partial charge on any atom is -0.497 e. The molecule has 3 aromatic carbocycles. The van der Waals surface area contributed by atoms with Crippen molar-refractivity contribution in [3.8, 4) is 5.75 Å². The van der Waals surface area contributed by atoms with Crippen LogP contribution < -0.4 is 15.4 Å². The number of nitrogens with two attached hydrogens (primary N) is 1. The lowest BCUT2D eigenvalue weighted by Gasteiger charge is -2.44. The monoisotopic (exact) mass is 584 g/mol. The minimum atomic E-state index is -1.21. The molecular formula is C34H33FN2O6. The Bertz CT molecular complexity index is 1600. The van der Waals surface area contributed by atoms with Gasteiger partial charge in [-0.1, -0.05) is 42.5 Å². The zero-order valence-corrected chi connectivity index (χ0v) is 24.2. The van der Waals surface area contributed by atoms with Crippen molar-refractivity contribution in [1.82, 2.24) is 0 Å². The molecule has 0 radical (unpaired) electrons. The third-order valence-electron chi connectivity index (χ3n) is 7.81. The van der Waals surface area contributed by atoms with Crippen LogP contribution in [-0.4, -0.2) is 38.0 Å². The summed E-state index contributed by atoms with van der Waals surface area (Å²) in [6.07, 6.45) is 0.209. The first-order chi connectivity index (χ1) is 20.8. The van der Waals surface area contributed by atoms with Crippen LogP contribution in [0.1, 0.15) is 43.2 Å². The van der Waals surface area contributed by atoms with E-state index in [1.54, 1.807) is 44.1 Å². The van der Waals surface area contributed by atoms with Crippen molar-refractivity contribution < 1.29 is 33.0 Å². The number of allylic oxidation sites excluding steroid dienone is 2. The third-order valence-corrected chi connectivity index (χ3v) is 7.81. The van der Waals surface area contributed by atoms with Crippen LogP contribution in [0, 0.1) is 11.7 Å². The molecule has 0 saturated heterocycles. The van der Waals surface area contributed by atoms with E-state index in [0.29, 0.717) is 28.3 Å². The first kappa shape index (κ1) is 29.6. The van der Waals surface area contributed by atoms with Crippen LogP contribution in [0.15, 0.2) is 102 Å². The van der Waals surface area contributed by atoms with Crippen molar-refractivity contribution in [2.24, 2.45) is 11.7 Å². The van der Waals surface area contributed by atoms with Crippen LogP contribution in [0.2, 0.25) is 0 Å². The Morgan fingerprint density at radius 3 is 2.28 bits per heavy atom. The molecule has 222 valence electrons. The Hall–Kier alpha value is -4.92. The number of nitrogens with zero attached hydrogens (tertiary/aromatic N) is 1. The summed E-state index contributed by atoms with van der Waals surface area (Å²) in [6, 6.07) is 21.9. The van der Waals surface area contributed by atoms with Crippen LogP contribution in [0.25, 0.3) is 0 Å². The Morgan fingerprint density at radius 1 is 0.930 bits per heavy atom. The first-order valence-electron chi connectivity index (χ1n) is 14.2. The fourth-order valence-corrected chi connectivity index (χ4v) is 5.98. The highest BCUT2D eigenvalue weighted by Gasteiger charge is 2.51. The standard InChI is InChI=1S/C34H33FN2O6/c1-4-42-33(39)28-25(21-10-9-13-24(18-21)41-3)19-26-29(31(28)38)27(20-14-16-22(35)17-15-20)30(34(40)43-5-2)32(36)37(26)23-11-7-6-8-12-23/h6-18,25,27-28H,4-5,19,36H2,1-3H3/t25-,27-,28-/m1/s1. The van der Waals surface area contributed by atoms with Gasteiger partial charge in [-0.3, -0.25) is 14.5 Å². The molecule has 8 nitrogen and oxygen atoms in total. The van der Waals surface area contributed by atoms with Crippen LogP contribution in [0.3, 0.4) is 0 Å². The number of hydrogen-bond donors (Lipinski definition) is 1. The molecular weight excluding hydrogens is 551 g/mol. The summed E-state index contributed by atoms with van der Waals surface area (Å²) in [5.74, 6) is -4.55. The number of rotatable bonds is 8. The van der Waals surface area contributed by atoms with Gasteiger partial charge in [0.05, 0.1) is 31.8 Å². The van der Waals surface area contributed by atoms with Gasteiger partial charge in [0, 0.05) is 22.9 Å². The molecule has 1 heterocycles. The molecule has 0 bridgehead atoms. The van der Waals surface area contributed by atoms with Crippen molar-refractivity contribution in [1.29, 1.82) is 0 Å². The Morgan fingerprint density at radius 2 is 1.63 bits per heavy atom. The average Bonchev–Trinajstić information content (AvgIpc) is 3.01. The van der Waals surface area contributed by atoms with Crippen molar-refractivity contribution >= 4 is 23.4 Å². The zero-order chi connectivity index (χ0) is 30.7. The number of hydrogen-bond acceptors (Lipinski definition) is 8. The Labute approximate surface area is 249 Å². The number of anilines is 1. The fourth-order valence-electron chi connectivity index (χ4n) is 5.98. The van der Waals surface area contributed by atoms with Gasteiger partial charge in [0.25, 0.3) is 0 Å². The number of ketones is 1. The topological polar surface area (TPSA) is 108 Å². The third kappa shape index (κ3) is 5.50. The van der Waals surface area contributed by atoms with Crippen LogP contribution in [-0.2, 0) is 23.9 Å². The number of benzene rings is 3. The summed E-state index contributed by atoms with van der Waals surface area (Å²) in [5.41, 5.74) is 9.42. The number of carbonyl (C=O) groups is 3. The predicted molar refractivity (Wildman–Crippen MR) is 158 cm³/mol. The summed E-state index contributed by atoms with van der Waals surface area (Å²) in [5, 5.41) is 0. The van der Waals surface area contributed by atoms with E-state index in [1.807, 2.05) is 36.4 Å². The van der Waals surface area contributed by atoms with Crippen molar-refractivity contribution in [3.05, 3.63) is 118 Å². The molecule has 2 N–H and O–H groups in total. The van der Waals surface area contributed by atoms with Gasteiger partial charge < -0.3 is 19.9 Å². The second-order valence-electron chi connectivity index (χ2n) is 10.2. The van der Waals surface area contributed by atoms with Gasteiger partial charge in [-0.05, 0) is 67.8 Å². The van der Waals surface area contributed by atoms with Crippen LogP contribution in [0.5, 0.6) is 5.75 Å². The van der Waals surface area contributed by atoms with Gasteiger partial charge in [-0.15, -0.1) is 0 Å². The smallest absolute Gasteiger partial charge is 0.338 e. The highest BCUT2D eigenvalue weighted by molar-refractivity contribution is 6.14. The Kier molecular flexibility index (Phi) is 8.61. The van der Waals surface area contributed by atoms with Gasteiger partial charge >= 0.3 is 11.9 Å². The quantitative estimate of drug-likeness (QED) is 0.279. The average molecular weight is 585 g/mol. The maximum Gasteiger partial charge on any atom is 0.338 e. The molecule has 0 amide bonds. The highest BCUT2D eigenvalue weighted by Crippen LogP contribution is 2.51. The molecule has 1 aliphatic heterocycles. The minimum absolute atomic E-state index is 0.0341. The number of ether oxygens (including phenoxy) is 3. The second-order valence-corrected chi connectivity index (χ2v) is 10.2. The molecule has 5 rings (SSSR count). The van der Waals surface area contributed by atoms with Gasteiger partial charge in [0.15, 0.2) is 5.78 Å². The van der Waals surface area contributed by atoms with E-state index in [9.17, 15) is 18.8 Å². The molecule has 0 spiro atoms. The number of carbonyl (C=O) groups excluding carboxylic acids is 3. The lowest BCUT2D eigenvalue weighted by Crippen LogP contribution is -2.46. The predicted octanol–water partition coefficient (Wildman–Crippen LogP) is 5.36. The Balaban J connectivity index is 1.81. The molecule has 9 heteroatoms. The summed E-state index contributed by atoms with van der Waals surface area (Å²) in [7, 11) is 1.54. The van der Waals surface area contributed by atoms with E-state index in [1.165, 1.54) is 24.3 Å². The number of halogens is 1. The van der Waals surface area contributed by atoms with E-state index < -0.39 is 41.3 Å². The maximum absolute atomic E-state index is 14.8. The number of Topliss-reactive ketones (excluding diaryl/α,β-unsaturated/α-hetero) is 1. The zero-order valence-electron chi connectivity index (χ0n) is 24.2. The normalized spacial score (nSPS) is 20.0. The number of methoxy groups -OCH3 is 1. The van der Waals surface area contributed by atoms with E-state index in [4.69, 9.17) is 19.9 Å². The molecule has 2 aliphatic rings. The molecule has 1 aliphatic carbocycles. The van der Waals surface area contributed by atoms with Crippen LogP contribution >= 0.6 is 0 Å². The molecule has 0 fully saturated rings. The second kappa shape index (κ2) is 12.5. The van der Waals surface area contributed by atoms with Gasteiger partial charge in [-0.2, -0.15) is 0 Å². The molecule has 0 unspecified atom stereocenters. The number of esters is 2. The molecule has 3 aromatic rings. The van der Waals surface area contributed by atoms with E-state index in [0.717, 1.165) is 0 Å². The summed E-state index contributed by atoms with van der Waals surface area (Å²) in [4.78, 5) is 43.6. The van der Waals surface area contributed by atoms with E-state index in [-0.39, 0.29) is 36.6 Å². The van der Waals surface area contributed by atoms with Gasteiger partial charge in [0.2, 0.25) is 0 Å². The largest absolute Gasteiger partial charge is 0.497 e. The van der Waals surface area contributed by atoms with Crippen molar-refractivity contribution in [2.75, 3.05) is 25.2 Å². The van der Waals surface area contributed by atoms with Gasteiger partial charge in [0.1, 0.15) is 23.3 Å². The van der Waals surface area contributed by atoms with E-state index in [2.05, 4.69) is 0 Å². The highest BCUT2D eigenvalue weighted by atomic mass is 19.1. The van der Waals surface area contributed by atoms with Crippen molar-refractivity contribution in [2.45, 2.75) is 32.1 Å². The lowest BCUT2D eigenvalue weighted by molar-refractivity contribution is -0.152. The lowest BCUT2D eigenvalue weighted by atomic mass is 9.67. The SMILES string of the molecule is CCOC(=O)C1=C(N)N(c2ccccc2)C2=C(C(=O)[C@H](C(=O)OCC)[C@@H](c3cccc(OC)c3)C2)[C@H]1c1ccc(F)cc1. The first-order valence-corrected chi connectivity index (χ1v) is 14.2. The molecule has 43 heavy (non-hydrogen) atoms. The summed E-state index contributed by atoms with van der Waals surface area (Å²) >= 11 is 0.